The second-order valence-electron chi connectivity index (χ2n) is 7.02. The first kappa shape index (κ1) is 14.0. The van der Waals surface area contributed by atoms with Crippen LogP contribution in [0.4, 0.5) is 5.69 Å². The number of nitrogens with zero attached hydrogens (tertiary/aromatic N) is 1. The lowest BCUT2D eigenvalue weighted by Crippen LogP contribution is -2.59. The van der Waals surface area contributed by atoms with E-state index in [-0.39, 0.29) is 6.85 Å². The molecule has 1 nitrogen and oxygen atoms in total. The lowest BCUT2D eigenvalue weighted by molar-refractivity contribution is 1.37. The summed E-state index contributed by atoms with van der Waals surface area (Å²) in [7, 11) is 0. The van der Waals surface area contributed by atoms with Crippen molar-refractivity contribution in [3.63, 3.8) is 0 Å². The first-order chi connectivity index (χ1) is 12.9. The highest BCUT2D eigenvalue weighted by atomic mass is 15.1. The Morgan fingerprint density at radius 2 is 1.46 bits per heavy atom. The Morgan fingerprint density at radius 3 is 2.46 bits per heavy atom. The first-order valence-corrected chi connectivity index (χ1v) is 9.08. The van der Waals surface area contributed by atoms with Gasteiger partial charge in [-0.15, -0.1) is 0 Å². The van der Waals surface area contributed by atoms with Gasteiger partial charge in [0.2, 0.25) is 0 Å². The Bertz CT molecular complexity index is 1210. The Morgan fingerprint density at radius 1 is 0.654 bits per heavy atom. The van der Waals surface area contributed by atoms with E-state index in [1.165, 1.54) is 44.1 Å². The van der Waals surface area contributed by atoms with Crippen LogP contribution < -0.4 is 15.7 Å². The van der Waals surface area contributed by atoms with Gasteiger partial charge in [-0.2, -0.15) is 0 Å². The molecule has 4 aromatic rings. The highest BCUT2D eigenvalue weighted by Gasteiger charge is 2.38. The van der Waals surface area contributed by atoms with Gasteiger partial charge in [0.25, 0.3) is 0 Å². The van der Waals surface area contributed by atoms with Crippen molar-refractivity contribution in [3.8, 4) is 11.1 Å². The van der Waals surface area contributed by atoms with Gasteiger partial charge in [-0.05, 0) is 51.2 Å². The summed E-state index contributed by atoms with van der Waals surface area (Å²) in [5.74, 6) is 0. The molecule has 0 bridgehead atoms. The van der Waals surface area contributed by atoms with Gasteiger partial charge in [0.15, 0.2) is 0 Å². The summed E-state index contributed by atoms with van der Waals surface area (Å²) < 4.78 is 0. The number of fused-ring (bicyclic) bond motifs is 10. The van der Waals surface area contributed by atoms with Gasteiger partial charge in [0.1, 0.15) is 0 Å². The second kappa shape index (κ2) is 5.12. The Labute approximate surface area is 153 Å². The number of hydrogen-bond acceptors (Lipinski definition) is 1. The average Bonchev–Trinajstić information content (AvgIpc) is 2.73. The van der Waals surface area contributed by atoms with Crippen LogP contribution in [-0.4, -0.2) is 6.85 Å². The van der Waals surface area contributed by atoms with Crippen LogP contribution in [0, 0.1) is 0 Å². The zero-order valence-corrected chi connectivity index (χ0v) is 14.3. The lowest BCUT2D eigenvalue weighted by atomic mass is 9.44. The van der Waals surface area contributed by atoms with Gasteiger partial charge < -0.3 is 4.81 Å². The molecule has 0 aliphatic carbocycles. The Balaban J connectivity index is 1.77. The highest BCUT2D eigenvalue weighted by Crippen LogP contribution is 2.39. The molecule has 2 aliphatic heterocycles. The van der Waals surface area contributed by atoms with Crippen LogP contribution in [0.15, 0.2) is 91.1 Å². The van der Waals surface area contributed by atoms with Crippen LogP contribution in [0.5, 0.6) is 0 Å². The summed E-state index contributed by atoms with van der Waals surface area (Å²) in [6.07, 6.45) is 4.47. The van der Waals surface area contributed by atoms with Crippen LogP contribution in [0.3, 0.4) is 0 Å². The summed E-state index contributed by atoms with van der Waals surface area (Å²) in [5, 5.41) is 2.64. The van der Waals surface area contributed by atoms with Crippen molar-refractivity contribution in [2.45, 2.75) is 0 Å². The van der Waals surface area contributed by atoms with Crippen molar-refractivity contribution in [1.82, 2.24) is 0 Å². The van der Waals surface area contributed by atoms with Crippen LogP contribution in [0.2, 0.25) is 0 Å². The maximum absolute atomic E-state index is 2.43. The van der Waals surface area contributed by atoms with Crippen LogP contribution in [0.1, 0.15) is 5.56 Å². The van der Waals surface area contributed by atoms with E-state index in [0.717, 1.165) is 0 Å². The normalized spacial score (nSPS) is 13.8. The molecule has 4 aromatic carbocycles. The third-order valence-corrected chi connectivity index (χ3v) is 5.69. The number of benzene rings is 4. The summed E-state index contributed by atoms with van der Waals surface area (Å²) >= 11 is 0. The molecule has 0 saturated heterocycles. The monoisotopic (exact) mass is 329 g/mol. The molecule has 120 valence electrons. The van der Waals surface area contributed by atoms with E-state index in [4.69, 9.17) is 0 Å². The molecule has 0 atom stereocenters. The van der Waals surface area contributed by atoms with Crippen molar-refractivity contribution < 1.29 is 0 Å². The van der Waals surface area contributed by atoms with Crippen LogP contribution in [0.25, 0.3) is 28.0 Å². The SMILES string of the molecule is C1=CN2B(c3ccccc31)c1ccc3ccccc3c1-c1ccccc12. The number of rotatable bonds is 0. The van der Waals surface area contributed by atoms with Gasteiger partial charge in [-0.25, -0.2) is 0 Å². The highest BCUT2D eigenvalue weighted by molar-refractivity contribution is 6.91. The van der Waals surface area contributed by atoms with Gasteiger partial charge in [-0.1, -0.05) is 78.9 Å². The lowest BCUT2D eigenvalue weighted by Gasteiger charge is -2.39. The van der Waals surface area contributed by atoms with E-state index in [0.29, 0.717) is 0 Å². The quantitative estimate of drug-likeness (QED) is 0.432. The van der Waals surface area contributed by atoms with E-state index >= 15 is 0 Å². The molecule has 0 unspecified atom stereocenters. The number of para-hydroxylation sites is 1. The molecular formula is C24H16BN. The minimum Gasteiger partial charge on any atom is -0.383 e. The van der Waals surface area contributed by atoms with Gasteiger partial charge in [-0.3, -0.25) is 0 Å². The predicted octanol–water partition coefficient (Wildman–Crippen LogP) is 4.42. The van der Waals surface area contributed by atoms with Crippen molar-refractivity contribution in [2.24, 2.45) is 0 Å². The largest absolute Gasteiger partial charge is 0.383 e. The fourth-order valence-electron chi connectivity index (χ4n) is 4.57. The van der Waals surface area contributed by atoms with Crippen molar-refractivity contribution in [1.29, 1.82) is 0 Å². The van der Waals surface area contributed by atoms with E-state index in [9.17, 15) is 0 Å². The molecule has 0 amide bonds. The first-order valence-electron chi connectivity index (χ1n) is 9.08. The molecule has 6 rings (SSSR count). The smallest absolute Gasteiger partial charge is 0.328 e. The minimum absolute atomic E-state index is 0.228. The summed E-state index contributed by atoms with van der Waals surface area (Å²) in [5.41, 5.74) is 8.06. The van der Waals surface area contributed by atoms with Crippen molar-refractivity contribution in [3.05, 3.63) is 96.7 Å². The Hall–Kier alpha value is -3.26. The summed E-state index contributed by atoms with van der Waals surface area (Å²) in [4.78, 5) is 2.43. The zero-order chi connectivity index (χ0) is 17.1. The topological polar surface area (TPSA) is 3.24 Å². The van der Waals surface area contributed by atoms with Gasteiger partial charge in [0.05, 0.1) is 0 Å². The van der Waals surface area contributed by atoms with E-state index in [1.807, 2.05) is 0 Å². The average molecular weight is 329 g/mol. The molecule has 0 saturated carbocycles. The molecule has 0 radical (unpaired) electrons. The maximum atomic E-state index is 2.43. The fourth-order valence-corrected chi connectivity index (χ4v) is 4.57. The number of hydrogen-bond donors (Lipinski definition) is 0. The molecule has 0 fully saturated rings. The number of anilines is 1. The molecule has 0 N–H and O–H groups in total. The molecule has 26 heavy (non-hydrogen) atoms. The maximum Gasteiger partial charge on any atom is 0.328 e. The third-order valence-electron chi connectivity index (χ3n) is 5.69. The van der Waals surface area contributed by atoms with E-state index in [2.05, 4.69) is 102 Å². The minimum atomic E-state index is 0.228. The standard InChI is InChI=1S/C24H16BN/c1-3-9-19-17(7-1)13-14-22-24(19)20-10-4-6-12-23(20)26-16-15-18-8-2-5-11-21(18)25(22)26/h1-16H. The van der Waals surface area contributed by atoms with E-state index in [1.54, 1.807) is 0 Å². The zero-order valence-electron chi connectivity index (χ0n) is 14.3. The summed E-state index contributed by atoms with van der Waals surface area (Å²) in [6.45, 7) is 0.228. The van der Waals surface area contributed by atoms with Crippen molar-refractivity contribution in [2.75, 3.05) is 4.81 Å². The second-order valence-corrected chi connectivity index (χ2v) is 7.02. The van der Waals surface area contributed by atoms with Crippen LogP contribution in [-0.2, 0) is 0 Å². The predicted molar refractivity (Wildman–Crippen MR) is 112 cm³/mol. The summed E-state index contributed by atoms with van der Waals surface area (Å²) in [6, 6.07) is 30.8. The Kier molecular flexibility index (Phi) is 2.75. The molecule has 2 heterocycles. The molecule has 0 spiro atoms. The molecular weight excluding hydrogens is 313 g/mol. The van der Waals surface area contributed by atoms with Gasteiger partial charge in [0, 0.05) is 11.3 Å². The van der Waals surface area contributed by atoms with Gasteiger partial charge >= 0.3 is 6.85 Å². The fraction of sp³-hybridized carbons (Fsp3) is 0. The van der Waals surface area contributed by atoms with Crippen LogP contribution >= 0.6 is 0 Å². The molecule has 2 heteroatoms. The molecule has 2 aliphatic rings. The molecule has 0 aromatic heterocycles. The van der Waals surface area contributed by atoms with Crippen molar-refractivity contribution >= 4 is 40.3 Å². The van der Waals surface area contributed by atoms with E-state index < -0.39 is 0 Å². The third kappa shape index (κ3) is 1.76.